The maximum absolute atomic E-state index is 11.5. The van der Waals surface area contributed by atoms with Gasteiger partial charge in [-0.15, -0.1) is 0 Å². The lowest BCUT2D eigenvalue weighted by Gasteiger charge is -2.09. The van der Waals surface area contributed by atoms with Crippen LogP contribution >= 0.6 is 0 Å². The highest BCUT2D eigenvalue weighted by Gasteiger charge is 2.03. The van der Waals surface area contributed by atoms with Crippen molar-refractivity contribution in [2.75, 3.05) is 14.1 Å². The van der Waals surface area contributed by atoms with Crippen LogP contribution in [0.4, 0.5) is 0 Å². The van der Waals surface area contributed by atoms with Crippen LogP contribution in [-0.2, 0) is 11.2 Å². The van der Waals surface area contributed by atoms with E-state index in [0.29, 0.717) is 6.42 Å². The summed E-state index contributed by atoms with van der Waals surface area (Å²) in [6, 6.07) is 14.9. The highest BCUT2D eigenvalue weighted by Crippen LogP contribution is 2.17. The van der Waals surface area contributed by atoms with Crippen LogP contribution in [-0.4, -0.2) is 24.9 Å². The van der Waals surface area contributed by atoms with Crippen molar-refractivity contribution in [3.05, 3.63) is 48.0 Å². The van der Waals surface area contributed by atoms with E-state index in [-0.39, 0.29) is 5.91 Å². The average Bonchev–Trinajstić information content (AvgIpc) is 2.38. The Kier molecular flexibility index (Phi) is 3.98. The van der Waals surface area contributed by atoms with E-state index in [2.05, 4.69) is 42.5 Å². The van der Waals surface area contributed by atoms with Crippen LogP contribution in [0.1, 0.15) is 18.4 Å². The summed E-state index contributed by atoms with van der Waals surface area (Å²) in [5, 5.41) is 2.54. The molecule has 18 heavy (non-hydrogen) atoms. The van der Waals surface area contributed by atoms with E-state index in [1.165, 1.54) is 16.3 Å². The third kappa shape index (κ3) is 3.10. The quantitative estimate of drug-likeness (QED) is 0.804. The number of nitrogens with zero attached hydrogens (tertiary/aromatic N) is 1. The Morgan fingerprint density at radius 2 is 1.78 bits per heavy atom. The van der Waals surface area contributed by atoms with Gasteiger partial charge in [0.05, 0.1) is 0 Å². The first-order valence-electron chi connectivity index (χ1n) is 6.34. The molecule has 2 aromatic rings. The number of aryl methyl sites for hydroxylation is 1. The van der Waals surface area contributed by atoms with E-state index in [4.69, 9.17) is 0 Å². The van der Waals surface area contributed by atoms with Crippen LogP contribution in [0.25, 0.3) is 10.8 Å². The van der Waals surface area contributed by atoms with Gasteiger partial charge in [0.2, 0.25) is 5.91 Å². The SMILES string of the molecule is CN(C)C(=O)CCCc1ccc2ccccc2c1. The summed E-state index contributed by atoms with van der Waals surface area (Å²) in [5.74, 6) is 0.204. The molecule has 0 spiro atoms. The molecule has 94 valence electrons. The van der Waals surface area contributed by atoms with Gasteiger partial charge in [-0.05, 0) is 29.2 Å². The van der Waals surface area contributed by atoms with Gasteiger partial charge in [0.25, 0.3) is 0 Å². The van der Waals surface area contributed by atoms with Crippen LogP contribution in [0, 0.1) is 0 Å². The molecule has 2 nitrogen and oxygen atoms in total. The lowest BCUT2D eigenvalue weighted by Crippen LogP contribution is -2.21. The fourth-order valence-corrected chi connectivity index (χ4v) is 2.06. The number of fused-ring (bicyclic) bond motifs is 1. The highest BCUT2D eigenvalue weighted by atomic mass is 16.2. The lowest BCUT2D eigenvalue weighted by molar-refractivity contribution is -0.128. The number of carbonyl (C=O) groups excluding carboxylic acids is 1. The van der Waals surface area contributed by atoms with Crippen LogP contribution in [0.3, 0.4) is 0 Å². The van der Waals surface area contributed by atoms with Crippen molar-refractivity contribution in [1.29, 1.82) is 0 Å². The zero-order chi connectivity index (χ0) is 13.0. The largest absolute Gasteiger partial charge is 0.349 e. The zero-order valence-corrected chi connectivity index (χ0v) is 11.0. The monoisotopic (exact) mass is 241 g/mol. The Labute approximate surface area is 108 Å². The first-order valence-corrected chi connectivity index (χ1v) is 6.34. The Morgan fingerprint density at radius 3 is 2.50 bits per heavy atom. The van der Waals surface area contributed by atoms with Crippen LogP contribution in [0.2, 0.25) is 0 Å². The molecule has 0 N–H and O–H groups in total. The standard InChI is InChI=1S/C16H19NO/c1-17(2)16(18)9-5-6-13-10-11-14-7-3-4-8-15(14)12-13/h3-4,7-8,10-12H,5-6,9H2,1-2H3. The molecule has 0 aliphatic heterocycles. The number of hydrogen-bond acceptors (Lipinski definition) is 1. The van der Waals surface area contributed by atoms with Crippen molar-refractivity contribution in [1.82, 2.24) is 4.90 Å². The molecule has 2 heteroatoms. The number of hydrogen-bond donors (Lipinski definition) is 0. The molecule has 0 fully saturated rings. The Balaban J connectivity index is 1.98. The van der Waals surface area contributed by atoms with E-state index in [0.717, 1.165) is 12.8 Å². The second-order valence-electron chi connectivity index (χ2n) is 4.82. The summed E-state index contributed by atoms with van der Waals surface area (Å²) in [6.45, 7) is 0. The van der Waals surface area contributed by atoms with Gasteiger partial charge in [-0.25, -0.2) is 0 Å². The fraction of sp³-hybridized carbons (Fsp3) is 0.312. The molecule has 0 saturated heterocycles. The molecular formula is C16H19NO. The summed E-state index contributed by atoms with van der Waals surface area (Å²) in [5.41, 5.74) is 1.31. The Hall–Kier alpha value is -1.83. The van der Waals surface area contributed by atoms with Crippen molar-refractivity contribution < 1.29 is 4.79 Å². The molecule has 0 saturated carbocycles. The van der Waals surface area contributed by atoms with Crippen LogP contribution < -0.4 is 0 Å². The van der Waals surface area contributed by atoms with Gasteiger partial charge in [-0.2, -0.15) is 0 Å². The number of amides is 1. The van der Waals surface area contributed by atoms with Gasteiger partial charge >= 0.3 is 0 Å². The predicted molar refractivity (Wildman–Crippen MR) is 75.6 cm³/mol. The highest BCUT2D eigenvalue weighted by molar-refractivity contribution is 5.83. The van der Waals surface area contributed by atoms with E-state index in [1.54, 1.807) is 19.0 Å². The van der Waals surface area contributed by atoms with Crippen molar-refractivity contribution in [3.63, 3.8) is 0 Å². The molecule has 0 aromatic heterocycles. The van der Waals surface area contributed by atoms with E-state index < -0.39 is 0 Å². The maximum atomic E-state index is 11.5. The minimum absolute atomic E-state index is 0.204. The molecule has 0 heterocycles. The number of rotatable bonds is 4. The summed E-state index contributed by atoms with van der Waals surface area (Å²) in [7, 11) is 3.61. The van der Waals surface area contributed by atoms with Crippen molar-refractivity contribution in [2.45, 2.75) is 19.3 Å². The van der Waals surface area contributed by atoms with Crippen LogP contribution in [0.15, 0.2) is 42.5 Å². The molecule has 0 bridgehead atoms. The van der Waals surface area contributed by atoms with Gasteiger partial charge in [0.1, 0.15) is 0 Å². The van der Waals surface area contributed by atoms with E-state index in [9.17, 15) is 4.79 Å². The smallest absolute Gasteiger partial charge is 0.222 e. The summed E-state index contributed by atoms with van der Waals surface area (Å²) in [6.07, 6.45) is 2.50. The molecule has 0 radical (unpaired) electrons. The third-order valence-electron chi connectivity index (χ3n) is 3.17. The topological polar surface area (TPSA) is 20.3 Å². The van der Waals surface area contributed by atoms with Crippen molar-refractivity contribution in [2.24, 2.45) is 0 Å². The van der Waals surface area contributed by atoms with Gasteiger partial charge in [-0.1, -0.05) is 42.5 Å². The fourth-order valence-electron chi connectivity index (χ4n) is 2.06. The normalized spacial score (nSPS) is 10.6. The first-order chi connectivity index (χ1) is 8.66. The van der Waals surface area contributed by atoms with Gasteiger partial charge in [0.15, 0.2) is 0 Å². The Morgan fingerprint density at radius 1 is 1.06 bits per heavy atom. The summed E-state index contributed by atoms with van der Waals surface area (Å²) < 4.78 is 0. The first kappa shape index (κ1) is 12.6. The molecule has 0 aliphatic rings. The molecular weight excluding hydrogens is 222 g/mol. The Bertz CT molecular complexity index is 546. The van der Waals surface area contributed by atoms with Crippen molar-refractivity contribution in [3.8, 4) is 0 Å². The van der Waals surface area contributed by atoms with Gasteiger partial charge in [-0.3, -0.25) is 4.79 Å². The molecule has 0 aliphatic carbocycles. The second-order valence-corrected chi connectivity index (χ2v) is 4.82. The van der Waals surface area contributed by atoms with Gasteiger partial charge < -0.3 is 4.90 Å². The minimum Gasteiger partial charge on any atom is -0.349 e. The predicted octanol–water partition coefficient (Wildman–Crippen LogP) is 3.25. The second kappa shape index (κ2) is 5.67. The number of benzene rings is 2. The maximum Gasteiger partial charge on any atom is 0.222 e. The van der Waals surface area contributed by atoms with Crippen molar-refractivity contribution >= 4 is 16.7 Å². The van der Waals surface area contributed by atoms with Gasteiger partial charge in [0, 0.05) is 20.5 Å². The lowest BCUT2D eigenvalue weighted by atomic mass is 10.0. The van der Waals surface area contributed by atoms with Crippen LogP contribution in [0.5, 0.6) is 0 Å². The molecule has 2 rings (SSSR count). The minimum atomic E-state index is 0.204. The summed E-state index contributed by atoms with van der Waals surface area (Å²) in [4.78, 5) is 13.1. The van der Waals surface area contributed by atoms with E-state index >= 15 is 0 Å². The molecule has 0 unspecified atom stereocenters. The summed E-state index contributed by atoms with van der Waals surface area (Å²) >= 11 is 0. The average molecular weight is 241 g/mol. The number of carbonyl (C=O) groups is 1. The third-order valence-corrected chi connectivity index (χ3v) is 3.17. The van der Waals surface area contributed by atoms with E-state index in [1.807, 2.05) is 0 Å². The molecule has 1 amide bonds. The molecule has 0 atom stereocenters. The zero-order valence-electron chi connectivity index (χ0n) is 11.0. The molecule has 2 aromatic carbocycles.